The Morgan fingerprint density at radius 3 is 2.88 bits per heavy atom. The molecule has 92 valence electrons. The number of hydrogen-bond acceptors (Lipinski definition) is 4. The van der Waals surface area contributed by atoms with Crippen LogP contribution in [0.5, 0.6) is 0 Å². The average molecular weight is 236 g/mol. The molecule has 17 heavy (non-hydrogen) atoms. The summed E-state index contributed by atoms with van der Waals surface area (Å²) in [5.74, 6) is 0.265. The molecule has 1 aliphatic rings. The molecule has 2 rings (SSSR count). The van der Waals surface area contributed by atoms with E-state index in [1.807, 2.05) is 6.92 Å². The molecule has 0 aromatic carbocycles. The summed E-state index contributed by atoms with van der Waals surface area (Å²) in [5.41, 5.74) is -0.183. The summed E-state index contributed by atoms with van der Waals surface area (Å²) in [5, 5.41) is 2.93. The lowest BCUT2D eigenvalue weighted by atomic mass is 10.2. The van der Waals surface area contributed by atoms with Crippen LogP contribution in [0, 0.1) is 0 Å². The summed E-state index contributed by atoms with van der Waals surface area (Å²) >= 11 is 0. The minimum Gasteiger partial charge on any atom is -0.354 e. The molecule has 1 aliphatic heterocycles. The lowest BCUT2D eigenvalue weighted by molar-refractivity contribution is -0.127. The molecule has 1 saturated heterocycles. The predicted octanol–water partition coefficient (Wildman–Crippen LogP) is -0.0942. The molecule has 1 aromatic rings. The van der Waals surface area contributed by atoms with Crippen LogP contribution in [0.3, 0.4) is 0 Å². The van der Waals surface area contributed by atoms with Gasteiger partial charge in [0.05, 0.1) is 0 Å². The van der Waals surface area contributed by atoms with Gasteiger partial charge < -0.3 is 14.8 Å². The number of aryl methyl sites for hydroxylation is 1. The van der Waals surface area contributed by atoms with Crippen LogP contribution in [-0.2, 0) is 11.3 Å². The Labute approximate surface area is 99.3 Å². The first kappa shape index (κ1) is 11.6. The van der Waals surface area contributed by atoms with Crippen LogP contribution in [0.25, 0.3) is 0 Å². The van der Waals surface area contributed by atoms with E-state index in [1.165, 1.54) is 0 Å². The molecule has 2 heterocycles. The van der Waals surface area contributed by atoms with Gasteiger partial charge in [-0.3, -0.25) is 9.59 Å². The third-order valence-electron chi connectivity index (χ3n) is 2.99. The van der Waals surface area contributed by atoms with Crippen molar-refractivity contribution in [1.82, 2.24) is 14.5 Å². The third-order valence-corrected chi connectivity index (χ3v) is 2.99. The molecule has 1 fully saturated rings. The lowest BCUT2D eigenvalue weighted by Gasteiger charge is -2.12. The first-order chi connectivity index (χ1) is 8.13. The molecule has 1 amide bonds. The van der Waals surface area contributed by atoms with Crippen molar-refractivity contribution < 1.29 is 4.79 Å². The molecular formula is C11H16N4O2. The molecule has 1 N–H and O–H groups in total. The van der Waals surface area contributed by atoms with Crippen molar-refractivity contribution in [3.8, 4) is 0 Å². The number of nitrogens with one attached hydrogen (secondary N) is 1. The second-order valence-electron chi connectivity index (χ2n) is 4.11. The van der Waals surface area contributed by atoms with Crippen molar-refractivity contribution in [2.45, 2.75) is 25.9 Å². The van der Waals surface area contributed by atoms with Crippen LogP contribution in [0.1, 0.15) is 13.3 Å². The van der Waals surface area contributed by atoms with Crippen LogP contribution >= 0.6 is 0 Å². The Balaban J connectivity index is 2.20. The molecule has 0 radical (unpaired) electrons. The maximum absolute atomic E-state index is 11.9. The number of carbonyl (C=O) groups is 1. The second-order valence-corrected chi connectivity index (χ2v) is 4.11. The van der Waals surface area contributed by atoms with Crippen LogP contribution in [-0.4, -0.2) is 40.0 Å². The monoisotopic (exact) mass is 236 g/mol. The number of aromatic nitrogens is 2. The van der Waals surface area contributed by atoms with E-state index in [0.29, 0.717) is 19.5 Å². The van der Waals surface area contributed by atoms with Gasteiger partial charge in [0.15, 0.2) is 5.82 Å². The predicted molar refractivity (Wildman–Crippen MR) is 63.8 cm³/mol. The number of carbonyl (C=O) groups excluding carboxylic acids is 1. The number of hydrogen-bond donors (Lipinski definition) is 1. The second kappa shape index (κ2) is 4.57. The van der Waals surface area contributed by atoms with Gasteiger partial charge in [-0.15, -0.1) is 0 Å². The quantitative estimate of drug-likeness (QED) is 0.796. The van der Waals surface area contributed by atoms with E-state index in [0.717, 1.165) is 0 Å². The Morgan fingerprint density at radius 2 is 2.29 bits per heavy atom. The van der Waals surface area contributed by atoms with Crippen LogP contribution < -0.4 is 10.9 Å². The molecule has 0 aliphatic carbocycles. The summed E-state index contributed by atoms with van der Waals surface area (Å²) < 4.78 is 1.55. The summed E-state index contributed by atoms with van der Waals surface area (Å²) in [6.07, 6.45) is 3.91. The largest absolute Gasteiger partial charge is 0.354 e. The van der Waals surface area contributed by atoms with E-state index < -0.39 is 0 Å². The summed E-state index contributed by atoms with van der Waals surface area (Å²) in [6, 6.07) is -0.326. The van der Waals surface area contributed by atoms with Crippen molar-refractivity contribution in [1.29, 1.82) is 0 Å². The zero-order valence-corrected chi connectivity index (χ0v) is 10.0. The molecule has 1 aromatic heterocycles. The fraction of sp³-hybridized carbons (Fsp3) is 0.545. The lowest BCUT2D eigenvalue weighted by Crippen LogP contribution is -2.34. The molecule has 1 unspecified atom stereocenters. The van der Waals surface area contributed by atoms with Crippen molar-refractivity contribution in [3.05, 3.63) is 22.7 Å². The van der Waals surface area contributed by atoms with E-state index in [-0.39, 0.29) is 23.3 Å². The Bertz CT molecular complexity index is 483. The molecule has 0 bridgehead atoms. The van der Waals surface area contributed by atoms with Crippen LogP contribution in [0.4, 0.5) is 5.82 Å². The van der Waals surface area contributed by atoms with E-state index in [1.54, 1.807) is 28.9 Å². The maximum atomic E-state index is 11.9. The number of likely N-dealkylation sites (tertiary alicyclic amines) is 1. The van der Waals surface area contributed by atoms with Gasteiger partial charge in [-0.25, -0.2) is 4.98 Å². The SMILES string of the molecule is CCn1ccnc(NC2CCN(C)C2=O)c1=O. The van der Waals surface area contributed by atoms with Crippen molar-refractivity contribution in [2.75, 3.05) is 18.9 Å². The smallest absolute Gasteiger partial charge is 0.293 e. The number of likely N-dealkylation sites (N-methyl/N-ethyl adjacent to an activating group) is 1. The van der Waals surface area contributed by atoms with Gasteiger partial charge in [0.2, 0.25) is 5.91 Å². The fourth-order valence-corrected chi connectivity index (χ4v) is 1.92. The van der Waals surface area contributed by atoms with Gasteiger partial charge in [-0.2, -0.15) is 0 Å². The van der Waals surface area contributed by atoms with Gasteiger partial charge >= 0.3 is 0 Å². The number of amides is 1. The third kappa shape index (κ3) is 2.15. The Hall–Kier alpha value is -1.85. The maximum Gasteiger partial charge on any atom is 0.293 e. The summed E-state index contributed by atoms with van der Waals surface area (Å²) in [6.45, 7) is 3.19. The molecule has 0 spiro atoms. The highest BCUT2D eigenvalue weighted by atomic mass is 16.2. The highest BCUT2D eigenvalue weighted by Gasteiger charge is 2.29. The number of rotatable bonds is 3. The number of nitrogens with zero attached hydrogens (tertiary/aromatic N) is 3. The summed E-state index contributed by atoms with van der Waals surface area (Å²) in [4.78, 5) is 29.2. The first-order valence-electron chi connectivity index (χ1n) is 5.70. The van der Waals surface area contributed by atoms with Gasteiger partial charge in [0, 0.05) is 32.5 Å². The summed E-state index contributed by atoms with van der Waals surface area (Å²) in [7, 11) is 1.76. The Kier molecular flexibility index (Phi) is 3.12. The highest BCUT2D eigenvalue weighted by molar-refractivity contribution is 5.86. The minimum absolute atomic E-state index is 0.0121. The van der Waals surface area contributed by atoms with E-state index in [2.05, 4.69) is 10.3 Å². The molecular weight excluding hydrogens is 220 g/mol. The van der Waals surface area contributed by atoms with Gasteiger partial charge in [-0.05, 0) is 13.3 Å². The minimum atomic E-state index is -0.326. The first-order valence-corrected chi connectivity index (χ1v) is 5.70. The zero-order valence-electron chi connectivity index (χ0n) is 10.0. The molecule has 0 saturated carbocycles. The fourth-order valence-electron chi connectivity index (χ4n) is 1.92. The van der Waals surface area contributed by atoms with Crippen molar-refractivity contribution in [2.24, 2.45) is 0 Å². The van der Waals surface area contributed by atoms with E-state index in [9.17, 15) is 9.59 Å². The van der Waals surface area contributed by atoms with Gasteiger partial charge in [0.25, 0.3) is 5.56 Å². The number of anilines is 1. The molecule has 1 atom stereocenters. The van der Waals surface area contributed by atoms with Crippen molar-refractivity contribution in [3.63, 3.8) is 0 Å². The normalized spacial score (nSPS) is 19.8. The van der Waals surface area contributed by atoms with Crippen LogP contribution in [0.2, 0.25) is 0 Å². The molecule has 6 nitrogen and oxygen atoms in total. The van der Waals surface area contributed by atoms with Crippen LogP contribution in [0.15, 0.2) is 17.2 Å². The van der Waals surface area contributed by atoms with Gasteiger partial charge in [-0.1, -0.05) is 0 Å². The highest BCUT2D eigenvalue weighted by Crippen LogP contribution is 2.11. The topological polar surface area (TPSA) is 67.2 Å². The van der Waals surface area contributed by atoms with Gasteiger partial charge in [0.1, 0.15) is 6.04 Å². The van der Waals surface area contributed by atoms with E-state index in [4.69, 9.17) is 0 Å². The standard InChI is InChI=1S/C11H16N4O2/c1-3-15-7-5-12-9(11(15)17)13-8-4-6-14(2)10(8)16/h5,7-8H,3-4,6H2,1-2H3,(H,12,13). The van der Waals surface area contributed by atoms with Crippen molar-refractivity contribution >= 4 is 11.7 Å². The average Bonchev–Trinajstić information content (AvgIpc) is 2.64. The Morgan fingerprint density at radius 1 is 1.53 bits per heavy atom. The zero-order chi connectivity index (χ0) is 12.4. The van der Waals surface area contributed by atoms with E-state index >= 15 is 0 Å². The molecule has 6 heteroatoms.